The number of unbranched alkanes of at least 4 members (excludes halogenated alkanes) is 1. The molecule has 0 aliphatic carbocycles. The Morgan fingerprint density at radius 2 is 2.18 bits per heavy atom. The van der Waals surface area contributed by atoms with Crippen LogP contribution in [0.4, 0.5) is 0 Å². The summed E-state index contributed by atoms with van der Waals surface area (Å²) in [5, 5.41) is 0. The van der Waals surface area contributed by atoms with Crippen LogP contribution in [0.3, 0.4) is 0 Å². The second-order valence-corrected chi connectivity index (χ2v) is 4.00. The number of ether oxygens (including phenoxy) is 2. The minimum atomic E-state index is -0.0697. The van der Waals surface area contributed by atoms with Crippen LogP contribution in [0.5, 0.6) is 5.88 Å². The number of aromatic nitrogens is 1. The molecule has 0 aliphatic rings. The molecule has 0 aromatic carbocycles. The van der Waals surface area contributed by atoms with Crippen molar-refractivity contribution in [3.63, 3.8) is 0 Å². The Hall–Kier alpha value is -1.13. The maximum absolute atomic E-state index is 5.83. The average molecular weight is 238 g/mol. The standard InChI is InChI=1S/C13H22N2O2/c1-3-4-8-16-9-10-17-13-12(11(2)14)6-5-7-15-13/h5-7,11H,3-4,8-10,14H2,1-2H3. The third kappa shape index (κ3) is 5.15. The number of nitrogens with zero attached hydrogens (tertiary/aromatic N) is 1. The van der Waals surface area contributed by atoms with Gasteiger partial charge >= 0.3 is 0 Å². The van der Waals surface area contributed by atoms with E-state index >= 15 is 0 Å². The van der Waals surface area contributed by atoms with E-state index in [0.717, 1.165) is 25.0 Å². The van der Waals surface area contributed by atoms with Crippen molar-refractivity contribution in [2.24, 2.45) is 5.73 Å². The Labute approximate surface area is 103 Å². The Balaban J connectivity index is 2.31. The molecule has 0 bridgehead atoms. The molecule has 1 unspecified atom stereocenters. The van der Waals surface area contributed by atoms with Crippen LogP contribution in [0.2, 0.25) is 0 Å². The van der Waals surface area contributed by atoms with Gasteiger partial charge < -0.3 is 15.2 Å². The molecule has 0 spiro atoms. The molecule has 0 saturated carbocycles. The molecule has 0 saturated heterocycles. The van der Waals surface area contributed by atoms with E-state index in [1.807, 2.05) is 19.1 Å². The zero-order chi connectivity index (χ0) is 12.5. The van der Waals surface area contributed by atoms with E-state index in [0.29, 0.717) is 19.1 Å². The predicted molar refractivity (Wildman–Crippen MR) is 68.1 cm³/mol. The van der Waals surface area contributed by atoms with Crippen molar-refractivity contribution in [1.29, 1.82) is 0 Å². The summed E-state index contributed by atoms with van der Waals surface area (Å²) in [6.07, 6.45) is 3.95. The number of rotatable bonds is 8. The third-order valence-corrected chi connectivity index (χ3v) is 2.40. The summed E-state index contributed by atoms with van der Waals surface area (Å²) in [7, 11) is 0. The van der Waals surface area contributed by atoms with Gasteiger partial charge in [-0.3, -0.25) is 0 Å². The molecule has 4 nitrogen and oxygen atoms in total. The summed E-state index contributed by atoms with van der Waals surface area (Å²) >= 11 is 0. The van der Waals surface area contributed by atoms with Gasteiger partial charge in [-0.1, -0.05) is 19.4 Å². The Kier molecular flexibility index (Phi) is 6.58. The minimum Gasteiger partial charge on any atom is -0.475 e. The molecule has 0 amide bonds. The van der Waals surface area contributed by atoms with Gasteiger partial charge in [-0.2, -0.15) is 0 Å². The van der Waals surface area contributed by atoms with Crippen molar-refractivity contribution >= 4 is 0 Å². The molecule has 96 valence electrons. The van der Waals surface area contributed by atoms with Crippen LogP contribution in [-0.4, -0.2) is 24.8 Å². The van der Waals surface area contributed by atoms with Crippen molar-refractivity contribution in [2.45, 2.75) is 32.7 Å². The van der Waals surface area contributed by atoms with Gasteiger partial charge in [-0.05, 0) is 19.4 Å². The summed E-state index contributed by atoms with van der Waals surface area (Å²) in [6, 6.07) is 3.73. The molecule has 1 heterocycles. The molecule has 17 heavy (non-hydrogen) atoms. The van der Waals surface area contributed by atoms with E-state index in [4.69, 9.17) is 15.2 Å². The summed E-state index contributed by atoms with van der Waals surface area (Å²) in [6.45, 7) is 5.96. The minimum absolute atomic E-state index is 0.0697. The predicted octanol–water partition coefficient (Wildman–Crippen LogP) is 2.30. The average Bonchev–Trinajstić information content (AvgIpc) is 2.34. The first-order valence-electron chi connectivity index (χ1n) is 6.16. The molecular formula is C13H22N2O2. The molecule has 2 N–H and O–H groups in total. The lowest BCUT2D eigenvalue weighted by atomic mass is 10.1. The number of hydrogen-bond donors (Lipinski definition) is 1. The maximum Gasteiger partial charge on any atom is 0.218 e. The second kappa shape index (κ2) is 8.03. The molecule has 1 atom stereocenters. The van der Waals surface area contributed by atoms with Crippen LogP contribution < -0.4 is 10.5 Å². The summed E-state index contributed by atoms with van der Waals surface area (Å²) < 4.78 is 11.0. The molecule has 1 rings (SSSR count). The zero-order valence-electron chi connectivity index (χ0n) is 10.7. The largest absolute Gasteiger partial charge is 0.475 e. The Morgan fingerprint density at radius 1 is 1.35 bits per heavy atom. The fourth-order valence-corrected chi connectivity index (χ4v) is 1.42. The fourth-order valence-electron chi connectivity index (χ4n) is 1.42. The highest BCUT2D eigenvalue weighted by atomic mass is 16.5. The topological polar surface area (TPSA) is 57.4 Å². The van der Waals surface area contributed by atoms with Gasteiger partial charge in [0.05, 0.1) is 6.61 Å². The van der Waals surface area contributed by atoms with Gasteiger partial charge in [0.2, 0.25) is 5.88 Å². The number of nitrogens with two attached hydrogens (primary N) is 1. The molecule has 1 aromatic rings. The van der Waals surface area contributed by atoms with Gasteiger partial charge in [-0.25, -0.2) is 4.98 Å². The Morgan fingerprint density at radius 3 is 2.88 bits per heavy atom. The first-order valence-corrected chi connectivity index (χ1v) is 6.16. The van der Waals surface area contributed by atoms with Crippen LogP contribution in [0.15, 0.2) is 18.3 Å². The fraction of sp³-hybridized carbons (Fsp3) is 0.615. The molecular weight excluding hydrogens is 216 g/mol. The monoisotopic (exact) mass is 238 g/mol. The van der Waals surface area contributed by atoms with Crippen molar-refractivity contribution in [1.82, 2.24) is 4.98 Å². The molecule has 1 aromatic heterocycles. The van der Waals surface area contributed by atoms with Gasteiger partial charge in [0, 0.05) is 24.4 Å². The van der Waals surface area contributed by atoms with Crippen molar-refractivity contribution < 1.29 is 9.47 Å². The van der Waals surface area contributed by atoms with Gasteiger partial charge in [0.1, 0.15) is 6.61 Å². The maximum atomic E-state index is 5.83. The lowest BCUT2D eigenvalue weighted by Gasteiger charge is -2.12. The summed E-state index contributed by atoms with van der Waals surface area (Å²) in [4.78, 5) is 4.18. The SMILES string of the molecule is CCCCOCCOc1ncccc1C(C)N. The summed E-state index contributed by atoms with van der Waals surface area (Å²) in [5.74, 6) is 0.613. The van der Waals surface area contributed by atoms with E-state index in [1.165, 1.54) is 0 Å². The van der Waals surface area contributed by atoms with E-state index < -0.39 is 0 Å². The van der Waals surface area contributed by atoms with Crippen LogP contribution in [0.1, 0.15) is 38.3 Å². The first-order chi connectivity index (χ1) is 8.25. The molecule has 4 heteroatoms. The van der Waals surface area contributed by atoms with Gasteiger partial charge in [0.15, 0.2) is 0 Å². The Bertz CT molecular complexity index is 316. The number of pyridine rings is 1. The van der Waals surface area contributed by atoms with E-state index in [9.17, 15) is 0 Å². The highest BCUT2D eigenvalue weighted by Crippen LogP contribution is 2.19. The highest BCUT2D eigenvalue weighted by Gasteiger charge is 2.08. The van der Waals surface area contributed by atoms with E-state index in [2.05, 4.69) is 11.9 Å². The van der Waals surface area contributed by atoms with Crippen molar-refractivity contribution in [3.05, 3.63) is 23.9 Å². The van der Waals surface area contributed by atoms with Crippen molar-refractivity contribution in [3.8, 4) is 5.88 Å². The molecule has 0 radical (unpaired) electrons. The van der Waals surface area contributed by atoms with Crippen LogP contribution in [0, 0.1) is 0 Å². The number of hydrogen-bond acceptors (Lipinski definition) is 4. The quantitative estimate of drug-likeness (QED) is 0.706. The van der Waals surface area contributed by atoms with Gasteiger partial charge in [-0.15, -0.1) is 0 Å². The normalized spacial score (nSPS) is 12.4. The summed E-state index contributed by atoms with van der Waals surface area (Å²) in [5.41, 5.74) is 6.76. The first kappa shape index (κ1) is 13.9. The lowest BCUT2D eigenvalue weighted by molar-refractivity contribution is 0.0960. The third-order valence-electron chi connectivity index (χ3n) is 2.40. The molecule has 0 fully saturated rings. The van der Waals surface area contributed by atoms with Crippen LogP contribution in [0.25, 0.3) is 0 Å². The molecule has 0 aliphatic heterocycles. The van der Waals surface area contributed by atoms with E-state index in [-0.39, 0.29) is 6.04 Å². The van der Waals surface area contributed by atoms with Crippen LogP contribution in [-0.2, 0) is 4.74 Å². The van der Waals surface area contributed by atoms with E-state index in [1.54, 1.807) is 6.20 Å². The van der Waals surface area contributed by atoms with Crippen LogP contribution >= 0.6 is 0 Å². The van der Waals surface area contributed by atoms with Gasteiger partial charge in [0.25, 0.3) is 0 Å². The second-order valence-electron chi connectivity index (χ2n) is 4.00. The smallest absolute Gasteiger partial charge is 0.218 e. The zero-order valence-corrected chi connectivity index (χ0v) is 10.7. The highest BCUT2D eigenvalue weighted by molar-refractivity contribution is 5.27. The lowest BCUT2D eigenvalue weighted by Crippen LogP contribution is -2.12. The van der Waals surface area contributed by atoms with Crippen molar-refractivity contribution in [2.75, 3.05) is 19.8 Å².